The lowest BCUT2D eigenvalue weighted by Gasteiger charge is -2.31. The number of imidazole rings is 2. The highest BCUT2D eigenvalue weighted by molar-refractivity contribution is 7.26. The number of aromatic nitrogens is 5. The summed E-state index contributed by atoms with van der Waals surface area (Å²) in [5.74, 6) is 1.81. The first-order valence-corrected chi connectivity index (χ1v) is 17.8. The average molecular weight is 673 g/mol. The Morgan fingerprint density at radius 2 is 1.22 bits per heavy atom. The van der Waals surface area contributed by atoms with E-state index in [-0.39, 0.29) is 7.12 Å². The van der Waals surface area contributed by atoms with Crippen LogP contribution in [-0.2, 0) is 0 Å². The number of hydrogen-bond donors (Lipinski definition) is 0. The van der Waals surface area contributed by atoms with E-state index in [1.807, 2.05) is 18.5 Å². The Balaban J connectivity index is 1.10. The van der Waals surface area contributed by atoms with Gasteiger partial charge in [0.25, 0.3) is 0 Å². The molecule has 0 amide bonds. The number of pyridine rings is 2. The second-order valence-corrected chi connectivity index (χ2v) is 14.0. The SMILES string of the molecule is c1cc(N2B3N(c4ccccc42)c2ccccc2N3c2nccc3c2sc2cccnc23)cc(-n2c3ccccc3n3c4ccccc4nc23)c1. The summed E-state index contributed by atoms with van der Waals surface area (Å²) < 4.78 is 6.83. The Hall–Kier alpha value is -6.65. The van der Waals surface area contributed by atoms with Crippen molar-refractivity contribution in [3.8, 4) is 5.69 Å². The number of para-hydroxylation sites is 8. The van der Waals surface area contributed by atoms with Gasteiger partial charge in [-0.3, -0.25) is 14.0 Å². The molecule has 0 bridgehead atoms. The van der Waals surface area contributed by atoms with Crippen molar-refractivity contribution in [2.45, 2.75) is 0 Å². The maximum Gasteiger partial charge on any atom is 0.520 e. The minimum absolute atomic E-state index is 0.234. The summed E-state index contributed by atoms with van der Waals surface area (Å²) in [5, 5.41) is 1.12. The molecule has 0 N–H and O–H groups in total. The third-order valence-corrected chi connectivity index (χ3v) is 11.5. The number of rotatable bonds is 3. The fourth-order valence-corrected chi connectivity index (χ4v) is 9.42. The van der Waals surface area contributed by atoms with Crippen LogP contribution in [0.4, 0.5) is 34.3 Å². The lowest BCUT2D eigenvalue weighted by Crippen LogP contribution is -2.51. The Morgan fingerprint density at radius 1 is 0.529 bits per heavy atom. The maximum absolute atomic E-state index is 5.15. The molecule has 12 rings (SSSR count). The molecule has 0 atom stereocenters. The van der Waals surface area contributed by atoms with Crippen molar-refractivity contribution < 1.29 is 0 Å². The molecule has 5 aromatic heterocycles. The second kappa shape index (κ2) is 9.96. The van der Waals surface area contributed by atoms with Gasteiger partial charge in [0, 0.05) is 23.5 Å². The van der Waals surface area contributed by atoms with E-state index in [1.54, 1.807) is 11.3 Å². The van der Waals surface area contributed by atoms with Gasteiger partial charge >= 0.3 is 7.12 Å². The van der Waals surface area contributed by atoms with Gasteiger partial charge in [-0.25, -0.2) is 9.97 Å². The molecule has 238 valence electrons. The van der Waals surface area contributed by atoms with Gasteiger partial charge in [-0.05, 0) is 84.9 Å². The highest BCUT2D eigenvalue weighted by Gasteiger charge is 2.54. The third kappa shape index (κ3) is 3.56. The molecule has 5 aromatic carbocycles. The van der Waals surface area contributed by atoms with Crippen LogP contribution in [0.25, 0.3) is 53.8 Å². The van der Waals surface area contributed by atoms with Gasteiger partial charge in [0.05, 0.1) is 65.4 Å². The molecule has 0 fully saturated rings. The van der Waals surface area contributed by atoms with E-state index >= 15 is 0 Å². The van der Waals surface area contributed by atoms with Crippen LogP contribution < -0.4 is 14.4 Å². The van der Waals surface area contributed by atoms with Gasteiger partial charge in [-0.2, -0.15) is 0 Å². The van der Waals surface area contributed by atoms with Crippen LogP contribution in [0.1, 0.15) is 0 Å². The molecular weight excluding hydrogens is 647 g/mol. The summed E-state index contributed by atoms with van der Waals surface area (Å²) in [6, 6.07) is 49.4. The van der Waals surface area contributed by atoms with Crippen LogP contribution in [0.15, 0.2) is 152 Å². The Morgan fingerprint density at radius 3 is 2.04 bits per heavy atom. The van der Waals surface area contributed by atoms with E-state index in [0.717, 1.165) is 88.1 Å². The largest absolute Gasteiger partial charge is 0.520 e. The normalized spacial score (nSPS) is 13.7. The number of nitrogens with zero attached hydrogens (tertiary/aromatic N) is 8. The summed E-state index contributed by atoms with van der Waals surface area (Å²) in [6.45, 7) is 0. The van der Waals surface area contributed by atoms with Crippen molar-refractivity contribution in [3.63, 3.8) is 0 Å². The van der Waals surface area contributed by atoms with Crippen LogP contribution in [0.2, 0.25) is 0 Å². The molecule has 8 nitrogen and oxygen atoms in total. The van der Waals surface area contributed by atoms with Crippen molar-refractivity contribution in [3.05, 3.63) is 152 Å². The minimum atomic E-state index is -0.234. The topological polar surface area (TPSA) is 57.7 Å². The molecule has 2 aliphatic rings. The summed E-state index contributed by atoms with van der Waals surface area (Å²) in [7, 11) is -0.234. The molecule has 10 heteroatoms. The van der Waals surface area contributed by atoms with E-state index in [4.69, 9.17) is 15.0 Å². The molecule has 0 spiro atoms. The van der Waals surface area contributed by atoms with Crippen molar-refractivity contribution >= 4 is 101 Å². The average Bonchev–Trinajstić information content (AvgIpc) is 3.97. The zero-order valence-corrected chi connectivity index (χ0v) is 27.8. The second-order valence-electron chi connectivity index (χ2n) is 13.0. The fourth-order valence-electron chi connectivity index (χ4n) is 8.28. The van der Waals surface area contributed by atoms with Gasteiger partial charge in [0.15, 0.2) is 0 Å². The predicted molar refractivity (Wildman–Crippen MR) is 210 cm³/mol. The summed E-state index contributed by atoms with van der Waals surface area (Å²) >= 11 is 1.75. The van der Waals surface area contributed by atoms with Gasteiger partial charge in [0.1, 0.15) is 5.82 Å². The van der Waals surface area contributed by atoms with Crippen molar-refractivity contribution in [2.75, 3.05) is 14.4 Å². The van der Waals surface area contributed by atoms with Crippen molar-refractivity contribution in [2.24, 2.45) is 0 Å². The predicted octanol–water partition coefficient (Wildman–Crippen LogP) is 10.0. The lowest BCUT2D eigenvalue weighted by atomic mass is 9.86. The first kappa shape index (κ1) is 27.2. The molecule has 0 saturated carbocycles. The smallest absolute Gasteiger partial charge is 0.343 e. The van der Waals surface area contributed by atoms with Crippen LogP contribution in [0.3, 0.4) is 0 Å². The molecule has 0 unspecified atom stereocenters. The molecular formula is C41H25BN8S. The number of hydrogen-bond acceptors (Lipinski definition) is 7. The quantitative estimate of drug-likeness (QED) is 0.174. The zero-order chi connectivity index (χ0) is 33.2. The van der Waals surface area contributed by atoms with E-state index in [2.05, 4.69) is 157 Å². The van der Waals surface area contributed by atoms with Gasteiger partial charge in [-0.15, -0.1) is 11.3 Å². The molecule has 2 aliphatic heterocycles. The summed E-state index contributed by atoms with van der Waals surface area (Å²) in [6.07, 6.45) is 3.80. The van der Waals surface area contributed by atoms with Crippen LogP contribution in [0.5, 0.6) is 0 Å². The molecule has 0 aliphatic carbocycles. The molecule has 0 radical (unpaired) electrons. The van der Waals surface area contributed by atoms with E-state index in [9.17, 15) is 0 Å². The van der Waals surface area contributed by atoms with E-state index < -0.39 is 0 Å². The van der Waals surface area contributed by atoms with E-state index in [0.29, 0.717) is 0 Å². The maximum atomic E-state index is 5.15. The summed E-state index contributed by atoms with van der Waals surface area (Å²) in [5.41, 5.74) is 12.0. The van der Waals surface area contributed by atoms with Gasteiger partial charge in [-0.1, -0.05) is 54.6 Å². The monoisotopic (exact) mass is 672 g/mol. The van der Waals surface area contributed by atoms with Crippen molar-refractivity contribution in [1.29, 1.82) is 0 Å². The third-order valence-electron chi connectivity index (χ3n) is 10.3. The highest BCUT2D eigenvalue weighted by Crippen LogP contribution is 2.56. The van der Waals surface area contributed by atoms with Crippen LogP contribution in [-0.4, -0.2) is 31.0 Å². The molecule has 10 aromatic rings. The number of anilines is 6. The molecule has 7 heterocycles. The Kier molecular flexibility index (Phi) is 5.32. The fraction of sp³-hybridized carbons (Fsp3) is 0. The highest BCUT2D eigenvalue weighted by atomic mass is 32.1. The van der Waals surface area contributed by atoms with E-state index in [1.165, 1.54) is 0 Å². The first-order chi connectivity index (χ1) is 25.3. The zero-order valence-electron chi connectivity index (χ0n) is 27.0. The van der Waals surface area contributed by atoms with Crippen LogP contribution >= 0.6 is 11.3 Å². The number of thiophene rings is 1. The van der Waals surface area contributed by atoms with Gasteiger partial charge < -0.3 is 14.4 Å². The minimum Gasteiger partial charge on any atom is -0.343 e. The number of fused-ring (bicyclic) bond motifs is 13. The van der Waals surface area contributed by atoms with Crippen molar-refractivity contribution in [1.82, 2.24) is 23.9 Å². The Bertz CT molecular complexity index is 3050. The summed E-state index contributed by atoms with van der Waals surface area (Å²) in [4.78, 5) is 22.4. The Labute approximate surface area is 295 Å². The number of benzene rings is 5. The first-order valence-electron chi connectivity index (χ1n) is 17.0. The standard InChI is InChI=1S/C41H25BN8S/c1-2-14-30-29(13-1)45-41-46(31-15-3-4-16-32(31)47(30)41)26-11-9-12-27(25-26)48-33-17-5-6-18-34(33)49-35-19-7-8-20-36(35)50(42(48)49)40-39-28(22-24-44-40)38-37(51-39)21-10-23-43-38/h1-25H. The lowest BCUT2D eigenvalue weighted by molar-refractivity contribution is 1.11. The van der Waals surface area contributed by atoms with Crippen LogP contribution in [0, 0.1) is 0 Å². The molecule has 51 heavy (non-hydrogen) atoms. The molecule has 0 saturated heterocycles. The van der Waals surface area contributed by atoms with Gasteiger partial charge in [0.2, 0.25) is 5.78 Å².